The summed E-state index contributed by atoms with van der Waals surface area (Å²) in [7, 11) is 0.0342. The summed E-state index contributed by atoms with van der Waals surface area (Å²) in [5, 5.41) is 0.659. The maximum atomic E-state index is 13.4. The first-order chi connectivity index (χ1) is 14.7. The normalized spacial score (nSPS) is 23.7. The van der Waals surface area contributed by atoms with Gasteiger partial charge in [-0.3, -0.25) is 0 Å². The van der Waals surface area contributed by atoms with E-state index in [2.05, 4.69) is 13.0 Å². The van der Waals surface area contributed by atoms with Crippen LogP contribution in [0.4, 0.5) is 4.39 Å². The fraction of sp³-hybridized carbons (Fsp3) is 0.778. The zero-order chi connectivity index (χ0) is 21.2. The average molecular weight is 450 g/mol. The Bertz CT molecular complexity index is 603. The van der Waals surface area contributed by atoms with Crippen molar-refractivity contribution >= 4 is 20.4 Å². The predicted molar refractivity (Wildman–Crippen MR) is 132 cm³/mol. The number of halogens is 2. The Kier molecular flexibility index (Phi) is 10.7. The molecule has 1 aliphatic carbocycles. The molecule has 1 saturated carbocycles. The first kappa shape index (κ1) is 24.3. The summed E-state index contributed by atoms with van der Waals surface area (Å²) in [6, 6.07) is 10.6. The van der Waals surface area contributed by atoms with E-state index in [4.69, 9.17) is 11.6 Å². The van der Waals surface area contributed by atoms with Crippen molar-refractivity contribution in [1.82, 2.24) is 0 Å². The maximum Gasteiger partial charge on any atom is 0.115 e. The third-order valence-corrected chi connectivity index (χ3v) is 11.2. The van der Waals surface area contributed by atoms with Crippen LogP contribution in [0.25, 0.3) is 0 Å². The second kappa shape index (κ2) is 13.3. The first-order valence-corrected chi connectivity index (χ1v) is 15.4. The Labute approximate surface area is 192 Å². The van der Waals surface area contributed by atoms with E-state index in [0.29, 0.717) is 10.9 Å². The Morgan fingerprint density at radius 2 is 1.57 bits per heavy atom. The number of rotatable bonds is 11. The largest absolute Gasteiger partial charge is 0.246 e. The van der Waals surface area contributed by atoms with E-state index >= 15 is 0 Å². The van der Waals surface area contributed by atoms with Gasteiger partial charge in [0.15, 0.2) is 0 Å². The van der Waals surface area contributed by atoms with Gasteiger partial charge in [0.1, 0.15) is 6.67 Å². The summed E-state index contributed by atoms with van der Waals surface area (Å²) >= 11 is 6.05. The minimum atomic E-state index is -0.391. The van der Waals surface area contributed by atoms with Crippen molar-refractivity contribution in [3.8, 4) is 0 Å². The molecule has 1 aliphatic heterocycles. The molecule has 0 atom stereocenters. The lowest BCUT2D eigenvalue weighted by molar-refractivity contribution is 0.295. The van der Waals surface area contributed by atoms with Crippen molar-refractivity contribution in [3.05, 3.63) is 34.3 Å². The third kappa shape index (κ3) is 7.66. The monoisotopic (exact) mass is 449 g/mol. The molecule has 0 spiro atoms. The van der Waals surface area contributed by atoms with Gasteiger partial charge in [0.25, 0.3) is 0 Å². The SMILES string of the molecule is CCCCC[Si]1CCC(CCCCC2CCC(c3ccc(Cl)cc3CF)CC2)CC1. The molecule has 3 heteroatoms. The van der Waals surface area contributed by atoms with Gasteiger partial charge in [-0.2, -0.15) is 0 Å². The van der Waals surface area contributed by atoms with Gasteiger partial charge in [-0.05, 0) is 66.7 Å². The molecule has 0 amide bonds. The summed E-state index contributed by atoms with van der Waals surface area (Å²) in [4.78, 5) is 0. The van der Waals surface area contributed by atoms with Crippen LogP contribution < -0.4 is 0 Å². The zero-order valence-electron chi connectivity index (χ0n) is 19.2. The van der Waals surface area contributed by atoms with Gasteiger partial charge in [0.05, 0.1) is 0 Å². The van der Waals surface area contributed by atoms with Crippen LogP contribution in [-0.4, -0.2) is 8.80 Å². The smallest absolute Gasteiger partial charge is 0.115 e. The number of alkyl halides is 1. The number of unbranched alkanes of at least 4 members (excludes halogenated alkanes) is 3. The summed E-state index contributed by atoms with van der Waals surface area (Å²) in [5.41, 5.74) is 2.03. The third-order valence-electron chi connectivity index (χ3n) is 7.96. The molecule has 1 radical (unpaired) electrons. The Morgan fingerprint density at radius 3 is 2.20 bits per heavy atom. The summed E-state index contributed by atoms with van der Waals surface area (Å²) in [6.07, 6.45) is 18.3. The lowest BCUT2D eigenvalue weighted by Crippen LogP contribution is -2.21. The fourth-order valence-corrected chi connectivity index (χ4v) is 9.29. The molecule has 169 valence electrons. The minimum Gasteiger partial charge on any atom is -0.246 e. The molecule has 0 N–H and O–H groups in total. The first-order valence-electron chi connectivity index (χ1n) is 12.9. The van der Waals surface area contributed by atoms with E-state index < -0.39 is 6.67 Å². The van der Waals surface area contributed by atoms with E-state index in [0.717, 1.165) is 17.4 Å². The van der Waals surface area contributed by atoms with E-state index in [1.165, 1.54) is 76.2 Å². The van der Waals surface area contributed by atoms with Gasteiger partial charge in [-0.1, -0.05) is 101 Å². The second-order valence-corrected chi connectivity index (χ2v) is 13.6. The van der Waals surface area contributed by atoms with Crippen molar-refractivity contribution in [1.29, 1.82) is 0 Å². The molecule has 0 bridgehead atoms. The Morgan fingerprint density at radius 1 is 0.900 bits per heavy atom. The highest BCUT2D eigenvalue weighted by Crippen LogP contribution is 2.40. The van der Waals surface area contributed by atoms with Crippen LogP contribution in [0.1, 0.15) is 107 Å². The van der Waals surface area contributed by atoms with Gasteiger partial charge < -0.3 is 0 Å². The lowest BCUT2D eigenvalue weighted by atomic mass is 9.76. The van der Waals surface area contributed by atoms with Crippen LogP contribution in [0.2, 0.25) is 23.2 Å². The minimum absolute atomic E-state index is 0.0342. The molecular formula is C27H43ClFSi. The highest BCUT2D eigenvalue weighted by Gasteiger charge is 2.25. The van der Waals surface area contributed by atoms with Crippen molar-refractivity contribution in [2.75, 3.05) is 0 Å². The van der Waals surface area contributed by atoms with Crippen molar-refractivity contribution in [3.63, 3.8) is 0 Å². The van der Waals surface area contributed by atoms with Crippen LogP contribution in [-0.2, 0) is 6.67 Å². The second-order valence-electron chi connectivity index (χ2n) is 10.1. The summed E-state index contributed by atoms with van der Waals surface area (Å²) < 4.78 is 13.4. The number of benzene rings is 1. The molecule has 0 nitrogen and oxygen atoms in total. The molecule has 1 heterocycles. The molecular weight excluding hydrogens is 407 g/mol. The van der Waals surface area contributed by atoms with Gasteiger partial charge in [0, 0.05) is 13.8 Å². The highest BCUT2D eigenvalue weighted by atomic mass is 35.5. The van der Waals surface area contributed by atoms with Crippen LogP contribution in [0.5, 0.6) is 0 Å². The highest BCUT2D eigenvalue weighted by molar-refractivity contribution is 6.58. The van der Waals surface area contributed by atoms with Crippen molar-refractivity contribution in [2.24, 2.45) is 11.8 Å². The number of hydrogen-bond donors (Lipinski definition) is 0. The fourth-order valence-electron chi connectivity index (χ4n) is 5.97. The molecule has 3 rings (SSSR count). The summed E-state index contributed by atoms with van der Waals surface area (Å²) in [6.45, 7) is 1.93. The van der Waals surface area contributed by atoms with Crippen LogP contribution >= 0.6 is 11.6 Å². The molecule has 30 heavy (non-hydrogen) atoms. The molecule has 1 saturated heterocycles. The maximum absolute atomic E-state index is 13.4. The lowest BCUT2D eigenvalue weighted by Gasteiger charge is -2.30. The van der Waals surface area contributed by atoms with Crippen molar-refractivity contribution in [2.45, 2.75) is 121 Å². The zero-order valence-corrected chi connectivity index (χ0v) is 21.0. The van der Waals surface area contributed by atoms with E-state index in [9.17, 15) is 4.39 Å². The molecule has 0 unspecified atom stereocenters. The van der Waals surface area contributed by atoms with E-state index in [1.54, 1.807) is 31.0 Å². The van der Waals surface area contributed by atoms with Gasteiger partial charge in [0.2, 0.25) is 0 Å². The summed E-state index contributed by atoms with van der Waals surface area (Å²) in [5.74, 6) is 2.49. The van der Waals surface area contributed by atoms with Gasteiger partial charge >= 0.3 is 0 Å². The molecule has 1 aromatic carbocycles. The van der Waals surface area contributed by atoms with E-state index in [1.807, 2.05) is 12.1 Å². The topological polar surface area (TPSA) is 0 Å². The van der Waals surface area contributed by atoms with Gasteiger partial charge in [-0.15, -0.1) is 0 Å². The molecule has 0 aromatic heterocycles. The quantitative estimate of drug-likeness (QED) is 0.233. The standard InChI is InChI=1S/C27H43ClFSi/c1-2-3-6-17-30-18-15-23(16-19-30)8-5-4-7-22-9-11-24(12-10-22)27-14-13-26(28)20-25(27)21-29/h13-14,20,22-24H,2-12,15-19,21H2,1H3. The molecule has 2 fully saturated rings. The van der Waals surface area contributed by atoms with Crippen LogP contribution in [0, 0.1) is 11.8 Å². The molecule has 2 aliphatic rings. The van der Waals surface area contributed by atoms with Crippen molar-refractivity contribution < 1.29 is 4.39 Å². The Hall–Kier alpha value is -0.343. The van der Waals surface area contributed by atoms with Crippen LogP contribution in [0.15, 0.2) is 18.2 Å². The predicted octanol–water partition coefficient (Wildman–Crippen LogP) is 9.74. The van der Waals surface area contributed by atoms with E-state index in [-0.39, 0.29) is 8.80 Å². The Balaban J connectivity index is 1.27. The average Bonchev–Trinajstić information content (AvgIpc) is 2.78. The number of hydrogen-bond acceptors (Lipinski definition) is 0. The van der Waals surface area contributed by atoms with Crippen LogP contribution in [0.3, 0.4) is 0 Å². The molecule has 1 aromatic rings. The van der Waals surface area contributed by atoms with Gasteiger partial charge in [-0.25, -0.2) is 4.39 Å².